The minimum absolute atomic E-state index is 0.0635. The van der Waals surface area contributed by atoms with E-state index >= 15 is 0 Å². The molecule has 1 fully saturated rings. The van der Waals surface area contributed by atoms with Crippen molar-refractivity contribution in [3.63, 3.8) is 0 Å². The van der Waals surface area contributed by atoms with Crippen molar-refractivity contribution in [3.8, 4) is 11.5 Å². The van der Waals surface area contributed by atoms with E-state index in [1.54, 1.807) is 30.3 Å². The average Bonchev–Trinajstić information content (AvgIpc) is 2.92. The van der Waals surface area contributed by atoms with Crippen molar-refractivity contribution in [1.82, 2.24) is 4.90 Å². The molecule has 1 saturated heterocycles. The largest absolute Gasteiger partial charge is 0.497 e. The Morgan fingerprint density at radius 1 is 0.892 bits per heavy atom. The predicted octanol–water partition coefficient (Wildman–Crippen LogP) is 3.77. The highest BCUT2D eigenvalue weighted by molar-refractivity contribution is 7.92. The first kappa shape index (κ1) is 26.2. The highest BCUT2D eigenvalue weighted by Crippen LogP contribution is 2.34. The molecular weight excluding hydrogens is 504 g/mol. The molecule has 0 aliphatic carbocycles. The Morgan fingerprint density at radius 3 is 2.08 bits per heavy atom. The predicted molar refractivity (Wildman–Crippen MR) is 136 cm³/mol. The normalized spacial score (nSPS) is 13.9. The standard InChI is InChI=1S/C26H27F2N3O5S/c1-29(18-7-9-19(35-2)10-8-18)37(33,34)20-11-12-24(36-3)23(17-20)30-13-15-31(16-14-30)26(32)25-21(27)5-4-6-22(25)28/h4-12,17H,13-16H2,1-3H3. The summed E-state index contributed by atoms with van der Waals surface area (Å²) >= 11 is 0. The Balaban J connectivity index is 1.55. The molecule has 0 atom stereocenters. The molecule has 4 rings (SSSR count). The molecule has 8 nitrogen and oxygen atoms in total. The Labute approximate surface area is 214 Å². The van der Waals surface area contributed by atoms with Crippen molar-refractivity contribution in [2.45, 2.75) is 4.90 Å². The summed E-state index contributed by atoms with van der Waals surface area (Å²) in [5.41, 5.74) is 0.421. The third kappa shape index (κ3) is 5.17. The van der Waals surface area contributed by atoms with E-state index < -0.39 is 33.1 Å². The summed E-state index contributed by atoms with van der Waals surface area (Å²) in [6, 6.07) is 14.5. The fourth-order valence-electron chi connectivity index (χ4n) is 4.18. The molecule has 196 valence electrons. The van der Waals surface area contributed by atoms with Crippen LogP contribution in [0, 0.1) is 11.6 Å². The van der Waals surface area contributed by atoms with E-state index in [-0.39, 0.29) is 18.0 Å². The Kier molecular flexibility index (Phi) is 7.53. The van der Waals surface area contributed by atoms with E-state index in [4.69, 9.17) is 9.47 Å². The van der Waals surface area contributed by atoms with E-state index in [0.717, 1.165) is 12.1 Å². The highest BCUT2D eigenvalue weighted by Gasteiger charge is 2.29. The minimum atomic E-state index is -3.91. The lowest BCUT2D eigenvalue weighted by Gasteiger charge is -2.37. The number of ether oxygens (including phenoxy) is 2. The number of hydrogen-bond donors (Lipinski definition) is 0. The molecular formula is C26H27F2N3O5S. The van der Waals surface area contributed by atoms with Crippen molar-refractivity contribution in [2.75, 3.05) is 56.7 Å². The zero-order chi connectivity index (χ0) is 26.7. The smallest absolute Gasteiger partial charge is 0.264 e. The molecule has 0 aromatic heterocycles. The molecule has 0 saturated carbocycles. The van der Waals surface area contributed by atoms with Gasteiger partial charge >= 0.3 is 0 Å². The van der Waals surface area contributed by atoms with Gasteiger partial charge in [0.25, 0.3) is 15.9 Å². The lowest BCUT2D eigenvalue weighted by molar-refractivity contribution is 0.0737. The van der Waals surface area contributed by atoms with Crippen molar-refractivity contribution in [1.29, 1.82) is 0 Å². The first-order valence-electron chi connectivity index (χ1n) is 11.5. The fraction of sp³-hybridized carbons (Fsp3) is 0.269. The van der Waals surface area contributed by atoms with Crippen LogP contribution in [0.4, 0.5) is 20.2 Å². The number of nitrogens with zero attached hydrogens (tertiary/aromatic N) is 3. The first-order chi connectivity index (χ1) is 17.7. The highest BCUT2D eigenvalue weighted by atomic mass is 32.2. The van der Waals surface area contributed by atoms with Crippen LogP contribution in [0.1, 0.15) is 10.4 Å². The van der Waals surface area contributed by atoms with Gasteiger partial charge in [0, 0.05) is 33.2 Å². The number of anilines is 2. The molecule has 0 spiro atoms. The van der Waals surface area contributed by atoms with Gasteiger partial charge in [0.2, 0.25) is 0 Å². The average molecular weight is 532 g/mol. The number of amides is 1. The number of methoxy groups -OCH3 is 2. The van der Waals surface area contributed by atoms with Crippen LogP contribution in [0.2, 0.25) is 0 Å². The number of benzene rings is 3. The number of hydrogen-bond acceptors (Lipinski definition) is 6. The molecule has 0 unspecified atom stereocenters. The minimum Gasteiger partial charge on any atom is -0.497 e. The second-order valence-electron chi connectivity index (χ2n) is 8.38. The summed E-state index contributed by atoms with van der Waals surface area (Å²) in [5, 5.41) is 0. The summed E-state index contributed by atoms with van der Waals surface area (Å²) in [6.07, 6.45) is 0. The van der Waals surface area contributed by atoms with E-state index in [0.29, 0.717) is 36.0 Å². The van der Waals surface area contributed by atoms with E-state index in [9.17, 15) is 22.0 Å². The maximum atomic E-state index is 14.1. The van der Waals surface area contributed by atoms with Crippen molar-refractivity contribution < 1.29 is 31.5 Å². The topological polar surface area (TPSA) is 79.4 Å². The summed E-state index contributed by atoms with van der Waals surface area (Å²) in [5.74, 6) is -1.47. The summed E-state index contributed by atoms with van der Waals surface area (Å²) in [4.78, 5) is 16.1. The van der Waals surface area contributed by atoms with Gasteiger partial charge in [-0.25, -0.2) is 17.2 Å². The van der Waals surface area contributed by atoms with Gasteiger partial charge in [0.1, 0.15) is 28.7 Å². The van der Waals surface area contributed by atoms with Gasteiger partial charge < -0.3 is 19.3 Å². The van der Waals surface area contributed by atoms with Gasteiger partial charge in [0.15, 0.2) is 0 Å². The van der Waals surface area contributed by atoms with Gasteiger partial charge in [-0.1, -0.05) is 6.07 Å². The van der Waals surface area contributed by atoms with Gasteiger partial charge in [-0.2, -0.15) is 0 Å². The van der Waals surface area contributed by atoms with Crippen LogP contribution >= 0.6 is 0 Å². The second-order valence-corrected chi connectivity index (χ2v) is 10.3. The van der Waals surface area contributed by atoms with Crippen LogP contribution in [-0.2, 0) is 10.0 Å². The summed E-state index contributed by atoms with van der Waals surface area (Å²) in [7, 11) is 0.574. The van der Waals surface area contributed by atoms with E-state index in [1.807, 2.05) is 4.90 Å². The molecule has 1 aliphatic heterocycles. The molecule has 0 radical (unpaired) electrons. The zero-order valence-electron chi connectivity index (χ0n) is 20.6. The van der Waals surface area contributed by atoms with E-state index in [1.165, 1.54) is 48.7 Å². The fourth-order valence-corrected chi connectivity index (χ4v) is 5.39. The summed E-state index contributed by atoms with van der Waals surface area (Å²) in [6.45, 7) is 1.02. The maximum absolute atomic E-state index is 14.1. The number of carbonyl (C=O) groups is 1. The monoisotopic (exact) mass is 531 g/mol. The first-order valence-corrected chi connectivity index (χ1v) is 12.9. The Morgan fingerprint density at radius 2 is 1.51 bits per heavy atom. The van der Waals surface area contributed by atoms with Crippen molar-refractivity contribution in [2.24, 2.45) is 0 Å². The van der Waals surface area contributed by atoms with Crippen LogP contribution in [0.3, 0.4) is 0 Å². The van der Waals surface area contributed by atoms with Gasteiger partial charge in [-0.15, -0.1) is 0 Å². The second kappa shape index (κ2) is 10.6. The Hall–Kier alpha value is -3.86. The van der Waals surface area contributed by atoms with Crippen LogP contribution in [0.25, 0.3) is 0 Å². The van der Waals surface area contributed by atoms with E-state index in [2.05, 4.69) is 0 Å². The van der Waals surface area contributed by atoms with Gasteiger partial charge in [0.05, 0.1) is 30.5 Å². The number of carbonyl (C=O) groups excluding carboxylic acids is 1. The number of rotatable bonds is 7. The molecule has 11 heteroatoms. The molecule has 1 amide bonds. The van der Waals surface area contributed by atoms with Gasteiger partial charge in [-0.05, 0) is 54.6 Å². The molecule has 1 heterocycles. The molecule has 0 N–H and O–H groups in total. The molecule has 1 aliphatic rings. The van der Waals surface area contributed by atoms with Crippen LogP contribution in [-0.4, -0.2) is 66.7 Å². The van der Waals surface area contributed by atoms with Crippen LogP contribution in [0.5, 0.6) is 11.5 Å². The SMILES string of the molecule is COc1ccc(N(C)S(=O)(=O)c2ccc(OC)c(N3CCN(C(=O)c4c(F)cccc4F)CC3)c2)cc1. The molecule has 37 heavy (non-hydrogen) atoms. The lowest BCUT2D eigenvalue weighted by atomic mass is 10.1. The number of halogens is 2. The Bertz CT molecular complexity index is 1370. The summed E-state index contributed by atoms with van der Waals surface area (Å²) < 4.78 is 66.8. The number of sulfonamides is 1. The third-order valence-electron chi connectivity index (χ3n) is 6.33. The lowest BCUT2D eigenvalue weighted by Crippen LogP contribution is -2.49. The third-order valence-corrected chi connectivity index (χ3v) is 8.11. The molecule has 3 aromatic carbocycles. The van der Waals surface area contributed by atoms with Crippen LogP contribution in [0.15, 0.2) is 65.6 Å². The quantitative estimate of drug-likeness (QED) is 0.462. The van der Waals surface area contributed by atoms with Crippen LogP contribution < -0.4 is 18.7 Å². The van der Waals surface area contributed by atoms with Gasteiger partial charge in [-0.3, -0.25) is 9.10 Å². The maximum Gasteiger partial charge on any atom is 0.264 e. The zero-order valence-corrected chi connectivity index (χ0v) is 21.5. The van der Waals surface area contributed by atoms with Crippen molar-refractivity contribution in [3.05, 3.63) is 77.9 Å². The molecule has 0 bridgehead atoms. The van der Waals surface area contributed by atoms with Crippen molar-refractivity contribution >= 4 is 27.3 Å². The number of piperazine rings is 1. The molecule has 3 aromatic rings.